The van der Waals surface area contributed by atoms with E-state index in [0.717, 1.165) is 11.1 Å². The van der Waals surface area contributed by atoms with E-state index in [4.69, 9.17) is 4.74 Å². The predicted octanol–water partition coefficient (Wildman–Crippen LogP) is 5.20. The van der Waals surface area contributed by atoms with Gasteiger partial charge in [0.25, 0.3) is 11.7 Å². The van der Waals surface area contributed by atoms with Crippen LogP contribution in [0.5, 0.6) is 5.75 Å². The lowest BCUT2D eigenvalue weighted by Crippen LogP contribution is -2.29. The number of phenols is 1. The fraction of sp³-hybridized carbons (Fsp3) is 0.207. The van der Waals surface area contributed by atoms with E-state index in [1.165, 1.54) is 29.2 Å². The molecular weight excluding hydrogens is 458 g/mol. The summed E-state index contributed by atoms with van der Waals surface area (Å²) in [5.41, 5.74) is 3.52. The first-order valence-corrected chi connectivity index (χ1v) is 11.6. The number of aliphatic hydroxyl groups is 1. The Kier molecular flexibility index (Phi) is 6.66. The molecule has 1 atom stereocenters. The van der Waals surface area contributed by atoms with Gasteiger partial charge in [-0.15, -0.1) is 0 Å². The smallest absolute Gasteiger partial charge is 0.338 e. The third-order valence-corrected chi connectivity index (χ3v) is 6.16. The van der Waals surface area contributed by atoms with Crippen LogP contribution >= 0.6 is 0 Å². The second-order valence-electron chi connectivity index (χ2n) is 9.06. The number of nitrogens with zero attached hydrogens (tertiary/aromatic N) is 1. The van der Waals surface area contributed by atoms with Crippen LogP contribution in [0.15, 0.2) is 72.3 Å². The summed E-state index contributed by atoms with van der Waals surface area (Å²) in [6, 6.07) is 16.6. The summed E-state index contributed by atoms with van der Waals surface area (Å²) in [7, 11) is 0. The first-order chi connectivity index (χ1) is 17.1. The molecule has 3 aromatic rings. The number of anilines is 1. The van der Waals surface area contributed by atoms with Crippen molar-refractivity contribution in [1.29, 1.82) is 0 Å². The van der Waals surface area contributed by atoms with Crippen LogP contribution in [0.2, 0.25) is 0 Å². The summed E-state index contributed by atoms with van der Waals surface area (Å²) < 4.78 is 5.22. The van der Waals surface area contributed by atoms with Gasteiger partial charge in [0, 0.05) is 11.3 Å². The van der Waals surface area contributed by atoms with Crippen molar-refractivity contribution in [2.75, 3.05) is 4.90 Å². The summed E-state index contributed by atoms with van der Waals surface area (Å²) >= 11 is 0. The van der Waals surface area contributed by atoms with Crippen LogP contribution in [0.3, 0.4) is 0 Å². The molecule has 1 saturated heterocycles. The van der Waals surface area contributed by atoms with Crippen molar-refractivity contribution in [3.8, 4) is 5.75 Å². The van der Waals surface area contributed by atoms with Crippen molar-refractivity contribution in [3.05, 3.63) is 100 Å². The number of esters is 1. The molecule has 3 aromatic carbocycles. The Bertz CT molecular complexity index is 1370. The number of aryl methyl sites for hydroxylation is 2. The molecule has 36 heavy (non-hydrogen) atoms. The van der Waals surface area contributed by atoms with Gasteiger partial charge in [-0.2, -0.15) is 0 Å². The highest BCUT2D eigenvalue weighted by Crippen LogP contribution is 2.42. The van der Waals surface area contributed by atoms with Crippen LogP contribution in [0, 0.1) is 13.8 Å². The fourth-order valence-electron chi connectivity index (χ4n) is 4.16. The molecule has 0 radical (unpaired) electrons. The number of amides is 1. The molecule has 1 heterocycles. The number of Topliss-reactive ketones (excluding diaryl/α,β-unsaturated/α-hetero) is 1. The van der Waals surface area contributed by atoms with Gasteiger partial charge >= 0.3 is 5.97 Å². The van der Waals surface area contributed by atoms with E-state index in [9.17, 15) is 24.6 Å². The first-order valence-electron chi connectivity index (χ1n) is 11.6. The van der Waals surface area contributed by atoms with Crippen molar-refractivity contribution in [3.63, 3.8) is 0 Å². The minimum Gasteiger partial charge on any atom is -0.508 e. The zero-order valence-electron chi connectivity index (χ0n) is 20.5. The summed E-state index contributed by atoms with van der Waals surface area (Å²) in [4.78, 5) is 40.1. The van der Waals surface area contributed by atoms with Crippen molar-refractivity contribution < 1.29 is 29.3 Å². The Morgan fingerprint density at radius 1 is 0.889 bits per heavy atom. The maximum absolute atomic E-state index is 13.3. The number of aliphatic hydroxyl groups excluding tert-OH is 1. The lowest BCUT2D eigenvalue weighted by molar-refractivity contribution is -0.132. The maximum Gasteiger partial charge on any atom is 0.338 e. The van der Waals surface area contributed by atoms with Crippen LogP contribution < -0.4 is 4.90 Å². The van der Waals surface area contributed by atoms with E-state index >= 15 is 0 Å². The molecule has 0 aliphatic carbocycles. The number of phenolic OH excluding ortho intramolecular Hbond substituents is 1. The molecule has 4 rings (SSSR count). The van der Waals surface area contributed by atoms with Crippen molar-refractivity contribution in [2.24, 2.45) is 0 Å². The predicted molar refractivity (Wildman–Crippen MR) is 136 cm³/mol. The van der Waals surface area contributed by atoms with Crippen LogP contribution in [0.1, 0.15) is 52.5 Å². The maximum atomic E-state index is 13.3. The van der Waals surface area contributed by atoms with Crippen molar-refractivity contribution >= 4 is 29.1 Å². The van der Waals surface area contributed by atoms with E-state index < -0.39 is 23.7 Å². The number of aromatic hydroxyl groups is 1. The SMILES string of the molecule is Cc1ccc(/C(O)=C2/C(=O)C(=O)N(c3ccc(C(=O)OC(C)C)cc3)C2c2ccc(O)cc2)cc1C. The number of ether oxygens (including phenoxy) is 1. The third-order valence-electron chi connectivity index (χ3n) is 6.16. The molecular formula is C29H27NO6. The number of hydrogen-bond acceptors (Lipinski definition) is 6. The highest BCUT2D eigenvalue weighted by molar-refractivity contribution is 6.51. The van der Waals surface area contributed by atoms with Gasteiger partial charge in [-0.1, -0.05) is 24.3 Å². The van der Waals surface area contributed by atoms with E-state index in [-0.39, 0.29) is 23.2 Å². The molecule has 0 aromatic heterocycles. The monoisotopic (exact) mass is 485 g/mol. The van der Waals surface area contributed by atoms with Gasteiger partial charge in [-0.05, 0) is 86.8 Å². The van der Waals surface area contributed by atoms with Crippen LogP contribution in [-0.2, 0) is 14.3 Å². The average Bonchev–Trinajstić information content (AvgIpc) is 3.11. The highest BCUT2D eigenvalue weighted by Gasteiger charge is 2.47. The summed E-state index contributed by atoms with van der Waals surface area (Å²) in [6.07, 6.45) is -0.282. The largest absolute Gasteiger partial charge is 0.508 e. The highest BCUT2D eigenvalue weighted by atomic mass is 16.5. The topological polar surface area (TPSA) is 104 Å². The fourth-order valence-corrected chi connectivity index (χ4v) is 4.16. The minimum absolute atomic E-state index is 0.0258. The molecule has 1 unspecified atom stereocenters. The van der Waals surface area contributed by atoms with Gasteiger partial charge in [0.2, 0.25) is 0 Å². The minimum atomic E-state index is -0.944. The summed E-state index contributed by atoms with van der Waals surface area (Å²) in [5.74, 6) is -2.39. The van der Waals surface area contributed by atoms with Gasteiger partial charge < -0.3 is 14.9 Å². The van der Waals surface area contributed by atoms with E-state index in [1.807, 2.05) is 19.9 Å². The molecule has 0 saturated carbocycles. The van der Waals surface area contributed by atoms with Gasteiger partial charge in [0.1, 0.15) is 11.5 Å². The lowest BCUT2D eigenvalue weighted by Gasteiger charge is -2.25. The zero-order chi connectivity index (χ0) is 26.1. The molecule has 184 valence electrons. The Morgan fingerprint density at radius 3 is 2.08 bits per heavy atom. The second-order valence-corrected chi connectivity index (χ2v) is 9.06. The number of hydrogen-bond donors (Lipinski definition) is 2. The first kappa shape index (κ1) is 24.7. The molecule has 2 N–H and O–H groups in total. The average molecular weight is 486 g/mol. The van der Waals surface area contributed by atoms with Gasteiger partial charge in [0.15, 0.2) is 0 Å². The number of ketones is 1. The Hall–Kier alpha value is -4.39. The number of carbonyl (C=O) groups is 3. The molecule has 7 nitrogen and oxygen atoms in total. The standard InChI is InChI=1S/C29H27NO6/c1-16(2)36-29(35)20-7-11-22(12-8-20)30-25(19-9-13-23(31)14-10-19)24(27(33)28(30)34)26(32)21-6-5-17(3)18(4)15-21/h5-16,25,31-32H,1-4H3/b26-24-. The number of benzene rings is 3. The lowest BCUT2D eigenvalue weighted by atomic mass is 9.94. The van der Waals surface area contributed by atoms with Crippen molar-refractivity contribution in [1.82, 2.24) is 0 Å². The van der Waals surface area contributed by atoms with Gasteiger partial charge in [-0.25, -0.2) is 4.79 Å². The Morgan fingerprint density at radius 2 is 1.50 bits per heavy atom. The molecule has 1 amide bonds. The van der Waals surface area contributed by atoms with Crippen LogP contribution in [-0.4, -0.2) is 34.0 Å². The number of carbonyl (C=O) groups excluding carboxylic acids is 3. The quantitative estimate of drug-likeness (QED) is 0.223. The van der Waals surface area contributed by atoms with E-state index in [1.54, 1.807) is 50.2 Å². The van der Waals surface area contributed by atoms with Gasteiger partial charge in [-0.3, -0.25) is 14.5 Å². The molecule has 1 aliphatic heterocycles. The summed E-state index contributed by atoms with van der Waals surface area (Å²) in [5, 5.41) is 21.0. The van der Waals surface area contributed by atoms with Gasteiger partial charge in [0.05, 0.1) is 23.3 Å². The molecule has 0 bridgehead atoms. The second kappa shape index (κ2) is 9.70. The van der Waals surface area contributed by atoms with Crippen LogP contribution in [0.25, 0.3) is 5.76 Å². The van der Waals surface area contributed by atoms with E-state index in [0.29, 0.717) is 22.4 Å². The zero-order valence-corrected chi connectivity index (χ0v) is 20.5. The molecule has 1 aliphatic rings. The van der Waals surface area contributed by atoms with Crippen molar-refractivity contribution in [2.45, 2.75) is 39.8 Å². The Balaban J connectivity index is 1.85. The third kappa shape index (κ3) is 4.60. The van der Waals surface area contributed by atoms with E-state index in [2.05, 4.69) is 0 Å². The normalized spacial score (nSPS) is 17.0. The molecule has 1 fully saturated rings. The van der Waals surface area contributed by atoms with Crippen LogP contribution in [0.4, 0.5) is 5.69 Å². The Labute approximate surface area is 209 Å². The molecule has 0 spiro atoms. The molecule has 7 heteroatoms. The number of rotatable bonds is 5. The summed E-state index contributed by atoms with van der Waals surface area (Å²) in [6.45, 7) is 7.33.